The van der Waals surface area contributed by atoms with E-state index >= 15 is 0 Å². The zero-order valence-electron chi connectivity index (χ0n) is 31.8. The summed E-state index contributed by atoms with van der Waals surface area (Å²) in [4.78, 5) is 87.6. The molecule has 3 rings (SSSR count). The average Bonchev–Trinajstić information content (AvgIpc) is 3.69. The molecule has 3 heterocycles. The lowest BCUT2D eigenvalue weighted by Gasteiger charge is -2.30. The zero-order valence-corrected chi connectivity index (χ0v) is 35.3. The molecule has 0 radical (unpaired) electrons. The Bertz CT molecular complexity index is 1880. The van der Waals surface area contributed by atoms with Crippen LogP contribution in [0.4, 0.5) is 5.82 Å². The fraction of sp³-hybridized carbons (Fsp3) is 0.667. The molecule has 10 N–H and O–H groups in total. The molecule has 0 aromatic carbocycles. The van der Waals surface area contributed by atoms with E-state index in [0.717, 1.165) is 54.7 Å². The van der Waals surface area contributed by atoms with E-state index in [0.29, 0.717) is 12.2 Å². The lowest BCUT2D eigenvalue weighted by Crippen LogP contribution is -2.46. The molecule has 0 spiro atoms. The van der Waals surface area contributed by atoms with Crippen molar-refractivity contribution in [1.29, 1.82) is 0 Å². The van der Waals surface area contributed by atoms with Crippen LogP contribution in [0.3, 0.4) is 0 Å². The maximum absolute atomic E-state index is 12.7. The van der Waals surface area contributed by atoms with Crippen LogP contribution < -0.4 is 16.4 Å². The number of nitrogens with zero attached hydrogens (tertiary/aromatic N) is 4. The van der Waals surface area contributed by atoms with Crippen LogP contribution in [-0.2, 0) is 50.7 Å². The second-order valence-corrected chi connectivity index (χ2v) is 18.8. The van der Waals surface area contributed by atoms with E-state index in [-0.39, 0.29) is 41.6 Å². The van der Waals surface area contributed by atoms with Gasteiger partial charge in [0.1, 0.15) is 36.3 Å². The molecule has 7 atom stereocenters. The summed E-state index contributed by atoms with van der Waals surface area (Å²) in [6.45, 7) is 2.63. The Morgan fingerprint density at radius 2 is 1.76 bits per heavy atom. The van der Waals surface area contributed by atoms with Gasteiger partial charge in [-0.1, -0.05) is 57.5 Å². The van der Waals surface area contributed by atoms with Crippen molar-refractivity contribution in [2.75, 3.05) is 37.8 Å². The Hall–Kier alpha value is -2.70. The highest BCUT2D eigenvalue weighted by molar-refractivity contribution is 8.13. The molecule has 2 amide bonds. The summed E-state index contributed by atoms with van der Waals surface area (Å²) in [7, 11) is -16.4. The number of carbonyl (C=O) groups excluding carboxylic acids is 3. The molecular weight excluding hydrogens is 855 g/mol. The Labute approximate surface area is 337 Å². The number of imidazole rings is 1. The minimum Gasteiger partial charge on any atom is -0.386 e. The monoisotopic (exact) mass is 905 g/mol. The third-order valence-corrected chi connectivity index (χ3v) is 12.2. The number of aliphatic hydroxyl groups is 2. The minimum absolute atomic E-state index is 0.0297. The summed E-state index contributed by atoms with van der Waals surface area (Å²) in [6.07, 6.45) is 1.47. The number of hydrogen-bond donors (Lipinski definition) is 9. The number of ether oxygens (including phenoxy) is 1. The van der Waals surface area contributed by atoms with E-state index in [9.17, 15) is 57.9 Å². The quantitative estimate of drug-likeness (QED) is 0.0384. The van der Waals surface area contributed by atoms with E-state index in [1.54, 1.807) is 0 Å². The normalized spacial score (nSPS) is 21.5. The summed E-state index contributed by atoms with van der Waals surface area (Å²) in [5, 5.41) is 26.4. The number of phosphoric acid groups is 3. The molecule has 58 heavy (non-hydrogen) atoms. The largest absolute Gasteiger partial charge is 0.481 e. The van der Waals surface area contributed by atoms with Crippen LogP contribution in [0.1, 0.15) is 65.5 Å². The van der Waals surface area contributed by atoms with Crippen LogP contribution >= 0.6 is 35.2 Å². The van der Waals surface area contributed by atoms with Crippen LogP contribution in [0.5, 0.6) is 0 Å². The summed E-state index contributed by atoms with van der Waals surface area (Å²) in [5.41, 5.74) is 4.27. The van der Waals surface area contributed by atoms with Gasteiger partial charge >= 0.3 is 23.5 Å². The molecule has 328 valence electrons. The third kappa shape index (κ3) is 16.1. The minimum atomic E-state index is -5.57. The van der Waals surface area contributed by atoms with Gasteiger partial charge in [-0.05, 0) is 12.8 Å². The average molecular weight is 906 g/mol. The van der Waals surface area contributed by atoms with Crippen molar-refractivity contribution >= 4 is 69.1 Å². The number of thioether (sulfide) groups is 1. The fourth-order valence-electron chi connectivity index (χ4n) is 5.16. The Morgan fingerprint density at radius 1 is 1.05 bits per heavy atom. The van der Waals surface area contributed by atoms with E-state index in [1.165, 1.54) is 13.8 Å². The third-order valence-electron chi connectivity index (χ3n) is 8.19. The number of phosphoric ester groups is 3. The maximum atomic E-state index is 12.7. The molecule has 2 aromatic rings. The molecule has 1 aliphatic heterocycles. The first-order valence-electron chi connectivity index (χ1n) is 17.8. The van der Waals surface area contributed by atoms with Crippen molar-refractivity contribution in [2.45, 2.75) is 89.9 Å². The first kappa shape index (κ1) is 49.7. The van der Waals surface area contributed by atoms with Crippen molar-refractivity contribution in [3.63, 3.8) is 0 Å². The molecule has 0 saturated carbocycles. The van der Waals surface area contributed by atoms with Gasteiger partial charge in [0.05, 0.1) is 19.5 Å². The predicted octanol–water partition coefficient (Wildman–Crippen LogP) is 1.19. The molecule has 1 saturated heterocycles. The molecule has 24 nitrogen and oxygen atoms in total. The number of allylic oxidation sites excluding steroid dienone is 2. The smallest absolute Gasteiger partial charge is 0.386 e. The number of hydrogen-bond acceptors (Lipinski definition) is 18. The van der Waals surface area contributed by atoms with Gasteiger partial charge in [0.2, 0.25) is 11.8 Å². The number of carbonyl (C=O) groups is 3. The first-order chi connectivity index (χ1) is 27.1. The number of amides is 2. The molecule has 1 fully saturated rings. The molecule has 28 heteroatoms. The zero-order chi connectivity index (χ0) is 43.3. The van der Waals surface area contributed by atoms with Gasteiger partial charge in [-0.15, -0.1) is 0 Å². The van der Waals surface area contributed by atoms with Crippen LogP contribution in [0, 0.1) is 5.41 Å². The van der Waals surface area contributed by atoms with E-state index in [2.05, 4.69) is 41.3 Å². The van der Waals surface area contributed by atoms with Gasteiger partial charge in [-0.25, -0.2) is 28.6 Å². The van der Waals surface area contributed by atoms with Crippen molar-refractivity contribution in [3.8, 4) is 0 Å². The van der Waals surface area contributed by atoms with Crippen molar-refractivity contribution < 1.29 is 80.5 Å². The van der Waals surface area contributed by atoms with Gasteiger partial charge in [0.25, 0.3) is 0 Å². The Balaban J connectivity index is 1.44. The number of nitrogens with one attached hydrogen (secondary N) is 2. The lowest BCUT2D eigenvalue weighted by molar-refractivity contribution is -0.137. The molecule has 0 aliphatic carbocycles. The molecule has 1 aliphatic rings. The molecule has 0 bridgehead atoms. The second-order valence-electron chi connectivity index (χ2n) is 13.5. The first-order valence-corrected chi connectivity index (χ1v) is 23.3. The standard InChI is InChI=1S/C30H50N7O17P3S/c1-4-5-6-7-8-9-10-21(39)58-14-13-32-20(38)11-12-33-28(42)25(41)30(2,3)16-51-57(48,49)54-56(46,47)50-15-19-24(53-55(43,44)45)23(40)29(52-19)37-18-36-22-26(31)34-17-35-27(22)37/h8-9,17-19,23-25,29,40-41H,4-7,10-16H2,1-3H3,(H,32,38)(H,33,42)(H,46,47)(H,48,49)(H2,31,34,35)(H2,43,44,45)/b9-8+/t19-,23-,24-,25+,29-/m1/s1. The number of nitrogens with two attached hydrogens (primary N) is 1. The highest BCUT2D eigenvalue weighted by Crippen LogP contribution is 2.61. The summed E-state index contributed by atoms with van der Waals surface area (Å²) in [6, 6.07) is 0. The predicted molar refractivity (Wildman–Crippen MR) is 205 cm³/mol. The Kier molecular flexibility index (Phi) is 19.0. The van der Waals surface area contributed by atoms with Gasteiger partial charge in [0.15, 0.2) is 22.8 Å². The highest BCUT2D eigenvalue weighted by atomic mass is 32.2. The maximum Gasteiger partial charge on any atom is 0.481 e. The van der Waals surface area contributed by atoms with E-state index in [1.807, 2.05) is 12.2 Å². The highest BCUT2D eigenvalue weighted by Gasteiger charge is 2.50. The fourth-order valence-corrected chi connectivity index (χ4v) is 8.64. The number of fused-ring (bicyclic) bond motifs is 1. The van der Waals surface area contributed by atoms with Gasteiger partial charge in [0, 0.05) is 37.1 Å². The van der Waals surface area contributed by atoms with Crippen LogP contribution in [-0.4, -0.2) is 123 Å². The number of nitrogen functional groups attached to an aromatic ring is 1. The summed E-state index contributed by atoms with van der Waals surface area (Å²) < 4.78 is 62.2. The molecular formula is C30H50N7O17P3S. The van der Waals surface area contributed by atoms with Crippen LogP contribution in [0.2, 0.25) is 0 Å². The van der Waals surface area contributed by atoms with Crippen molar-refractivity contribution in [2.24, 2.45) is 5.41 Å². The van der Waals surface area contributed by atoms with Crippen molar-refractivity contribution in [3.05, 3.63) is 24.8 Å². The topological polar surface area (TPSA) is 364 Å². The summed E-state index contributed by atoms with van der Waals surface area (Å²) >= 11 is 1.09. The number of unbranched alkanes of at least 4 members (excludes halogenated alkanes) is 3. The van der Waals surface area contributed by atoms with Crippen LogP contribution in [0.25, 0.3) is 11.2 Å². The van der Waals surface area contributed by atoms with Crippen molar-refractivity contribution in [1.82, 2.24) is 30.2 Å². The van der Waals surface area contributed by atoms with Crippen LogP contribution in [0.15, 0.2) is 24.8 Å². The molecule has 2 unspecified atom stereocenters. The number of anilines is 1. The van der Waals surface area contributed by atoms with Gasteiger partial charge in [-0.3, -0.25) is 32.5 Å². The molecule has 2 aromatic heterocycles. The SMILES string of the molecule is CCCCC/C=C/CC(=O)SCCNC(=O)CCNC(=O)[C@H](O)C(C)(C)COP(=O)(O)OP(=O)(O)OC[C@H]1O[C@@H](n2cnc3c(N)ncnc32)[C@H](O)[C@@H]1OP(=O)(O)O. The Morgan fingerprint density at radius 3 is 2.45 bits per heavy atom. The second kappa shape index (κ2) is 22.2. The number of aliphatic hydroxyl groups excluding tert-OH is 2. The lowest BCUT2D eigenvalue weighted by atomic mass is 9.87. The summed E-state index contributed by atoms with van der Waals surface area (Å²) in [5.74, 6) is -1.09. The van der Waals surface area contributed by atoms with Gasteiger partial charge < -0.3 is 50.9 Å². The van der Waals surface area contributed by atoms with E-state index in [4.69, 9.17) is 19.5 Å². The number of rotatable bonds is 25. The number of aromatic nitrogens is 4. The van der Waals surface area contributed by atoms with E-state index < -0.39 is 84.6 Å². The van der Waals surface area contributed by atoms with Gasteiger partial charge in [-0.2, -0.15) is 4.31 Å².